The van der Waals surface area contributed by atoms with Crippen molar-refractivity contribution in [1.82, 2.24) is 0 Å². The van der Waals surface area contributed by atoms with Crippen LogP contribution in [-0.4, -0.2) is 24.2 Å². The van der Waals surface area contributed by atoms with Crippen molar-refractivity contribution in [2.45, 2.75) is 27.2 Å². The van der Waals surface area contributed by atoms with Gasteiger partial charge in [0, 0.05) is 12.5 Å². The molecule has 0 atom stereocenters. The standard InChI is InChI=1S/C23H24O5/c1-15(2)10-13-19-20(27-4)14-18(12-11-17-8-6-5-7-9-17)21(23(25)26)22(19)28-16(3)24/h5-12,14H,13H2,1-4H3,(H,25,26). The maximum Gasteiger partial charge on any atom is 0.340 e. The van der Waals surface area contributed by atoms with E-state index in [0.29, 0.717) is 23.3 Å². The first kappa shape index (κ1) is 21.0. The van der Waals surface area contributed by atoms with Crippen LogP contribution in [0.2, 0.25) is 0 Å². The topological polar surface area (TPSA) is 72.8 Å². The van der Waals surface area contributed by atoms with Crippen LogP contribution in [0.3, 0.4) is 0 Å². The Balaban J connectivity index is 2.70. The fourth-order valence-electron chi connectivity index (χ4n) is 2.73. The Morgan fingerprint density at radius 2 is 1.75 bits per heavy atom. The van der Waals surface area contributed by atoms with Gasteiger partial charge in [-0.05, 0) is 37.5 Å². The van der Waals surface area contributed by atoms with E-state index in [9.17, 15) is 14.7 Å². The van der Waals surface area contributed by atoms with E-state index >= 15 is 0 Å². The third-order valence-electron chi connectivity index (χ3n) is 4.02. The first-order chi connectivity index (χ1) is 13.3. The third kappa shape index (κ3) is 5.33. The number of carbonyl (C=O) groups excluding carboxylic acids is 1. The Bertz CT molecular complexity index is 920. The van der Waals surface area contributed by atoms with E-state index in [4.69, 9.17) is 9.47 Å². The minimum atomic E-state index is -1.18. The highest BCUT2D eigenvalue weighted by atomic mass is 16.5. The first-order valence-electron chi connectivity index (χ1n) is 8.85. The van der Waals surface area contributed by atoms with Crippen LogP contribution in [0, 0.1) is 0 Å². The van der Waals surface area contributed by atoms with Crippen molar-refractivity contribution < 1.29 is 24.2 Å². The maximum atomic E-state index is 12.0. The molecule has 0 aliphatic carbocycles. The van der Waals surface area contributed by atoms with E-state index in [-0.39, 0.29) is 11.3 Å². The molecule has 0 radical (unpaired) electrons. The van der Waals surface area contributed by atoms with E-state index in [2.05, 4.69) is 0 Å². The molecule has 5 heteroatoms. The molecule has 28 heavy (non-hydrogen) atoms. The average molecular weight is 380 g/mol. The molecule has 0 aromatic heterocycles. The quantitative estimate of drug-likeness (QED) is 0.317. The lowest BCUT2D eigenvalue weighted by molar-refractivity contribution is -0.131. The minimum Gasteiger partial charge on any atom is -0.496 e. The Morgan fingerprint density at radius 1 is 1.07 bits per heavy atom. The second kappa shape index (κ2) is 9.55. The van der Waals surface area contributed by atoms with Crippen LogP contribution in [-0.2, 0) is 11.2 Å². The molecule has 2 aromatic rings. The van der Waals surface area contributed by atoms with Gasteiger partial charge in [-0.1, -0.05) is 54.1 Å². The van der Waals surface area contributed by atoms with Crippen LogP contribution in [0.15, 0.2) is 48.0 Å². The normalized spacial score (nSPS) is 10.6. The maximum absolute atomic E-state index is 12.0. The summed E-state index contributed by atoms with van der Waals surface area (Å²) in [6.07, 6.45) is 5.79. The van der Waals surface area contributed by atoms with Gasteiger partial charge in [0.25, 0.3) is 0 Å². The van der Waals surface area contributed by atoms with Crippen LogP contribution < -0.4 is 9.47 Å². The van der Waals surface area contributed by atoms with Gasteiger partial charge in [0.15, 0.2) is 5.75 Å². The first-order valence-corrected chi connectivity index (χ1v) is 8.85. The fourth-order valence-corrected chi connectivity index (χ4v) is 2.73. The number of aromatic carboxylic acids is 1. The second-order valence-corrected chi connectivity index (χ2v) is 6.48. The SMILES string of the molecule is COc1cc(C=Cc2ccccc2)c(C(=O)O)c(OC(C)=O)c1CC=C(C)C. The van der Waals surface area contributed by atoms with Crippen molar-refractivity contribution >= 4 is 24.1 Å². The fraction of sp³-hybridized carbons (Fsp3) is 0.217. The van der Waals surface area contributed by atoms with E-state index in [1.165, 1.54) is 14.0 Å². The monoisotopic (exact) mass is 380 g/mol. The lowest BCUT2D eigenvalue weighted by Crippen LogP contribution is -2.12. The molecule has 5 nitrogen and oxygen atoms in total. The van der Waals surface area contributed by atoms with Gasteiger partial charge >= 0.3 is 11.9 Å². The van der Waals surface area contributed by atoms with Crippen molar-refractivity contribution in [1.29, 1.82) is 0 Å². The number of hydrogen-bond acceptors (Lipinski definition) is 4. The third-order valence-corrected chi connectivity index (χ3v) is 4.02. The minimum absolute atomic E-state index is 0.0181. The van der Waals surface area contributed by atoms with Crippen molar-refractivity contribution in [3.63, 3.8) is 0 Å². The van der Waals surface area contributed by atoms with E-state index < -0.39 is 11.9 Å². The van der Waals surface area contributed by atoms with E-state index in [1.807, 2.05) is 50.3 Å². The van der Waals surface area contributed by atoms with Crippen LogP contribution in [0.5, 0.6) is 11.5 Å². The van der Waals surface area contributed by atoms with Gasteiger partial charge in [-0.25, -0.2) is 4.79 Å². The summed E-state index contributed by atoms with van der Waals surface area (Å²) >= 11 is 0. The zero-order valence-corrected chi connectivity index (χ0v) is 16.5. The zero-order valence-electron chi connectivity index (χ0n) is 16.5. The summed E-state index contributed by atoms with van der Waals surface area (Å²) in [5.74, 6) is -1.28. The molecule has 146 valence electrons. The van der Waals surface area contributed by atoms with Crippen molar-refractivity contribution in [2.24, 2.45) is 0 Å². The molecule has 0 saturated heterocycles. The van der Waals surface area contributed by atoms with Crippen molar-refractivity contribution in [2.75, 3.05) is 7.11 Å². The molecule has 0 fully saturated rings. The number of hydrogen-bond donors (Lipinski definition) is 1. The van der Waals surface area contributed by atoms with Crippen LogP contribution in [0.25, 0.3) is 12.2 Å². The summed E-state index contributed by atoms with van der Waals surface area (Å²) in [5.41, 5.74) is 2.82. The van der Waals surface area contributed by atoms with Crippen LogP contribution in [0.1, 0.15) is 47.8 Å². The number of ether oxygens (including phenoxy) is 2. The van der Waals surface area contributed by atoms with Gasteiger partial charge in [0.1, 0.15) is 11.3 Å². The Morgan fingerprint density at radius 3 is 2.29 bits per heavy atom. The number of benzene rings is 2. The summed E-state index contributed by atoms with van der Waals surface area (Å²) in [4.78, 5) is 23.7. The molecule has 0 spiro atoms. The number of carbonyl (C=O) groups is 2. The molecule has 0 aliphatic heterocycles. The number of methoxy groups -OCH3 is 1. The van der Waals surface area contributed by atoms with Gasteiger partial charge in [0.05, 0.1) is 7.11 Å². The highest BCUT2D eigenvalue weighted by Gasteiger charge is 2.24. The van der Waals surface area contributed by atoms with Gasteiger partial charge in [-0.2, -0.15) is 0 Å². The molecular formula is C23H24O5. The Labute approximate surface area is 164 Å². The summed E-state index contributed by atoms with van der Waals surface area (Å²) in [7, 11) is 1.50. The summed E-state index contributed by atoms with van der Waals surface area (Å²) < 4.78 is 10.8. The number of carboxylic acid groups (broad SMARTS) is 1. The van der Waals surface area contributed by atoms with Crippen molar-refractivity contribution in [3.05, 3.63) is 70.3 Å². The Hall–Kier alpha value is -3.34. The van der Waals surface area contributed by atoms with Crippen LogP contribution >= 0.6 is 0 Å². The van der Waals surface area contributed by atoms with Gasteiger partial charge in [0.2, 0.25) is 0 Å². The molecule has 1 N–H and O–H groups in total. The molecule has 0 amide bonds. The largest absolute Gasteiger partial charge is 0.496 e. The number of rotatable bonds is 7. The lowest BCUT2D eigenvalue weighted by Gasteiger charge is -2.17. The smallest absolute Gasteiger partial charge is 0.340 e. The number of esters is 1. The van der Waals surface area contributed by atoms with Gasteiger partial charge in [-0.15, -0.1) is 0 Å². The predicted octanol–water partition coefficient (Wildman–Crippen LogP) is 5.00. The molecule has 0 aliphatic rings. The molecule has 2 aromatic carbocycles. The molecule has 0 bridgehead atoms. The zero-order chi connectivity index (χ0) is 20.7. The molecule has 0 saturated carbocycles. The summed E-state index contributed by atoms with van der Waals surface area (Å²) in [5, 5.41) is 9.84. The highest BCUT2D eigenvalue weighted by molar-refractivity contribution is 5.98. The average Bonchev–Trinajstić information content (AvgIpc) is 2.64. The van der Waals surface area contributed by atoms with Crippen LogP contribution in [0.4, 0.5) is 0 Å². The van der Waals surface area contributed by atoms with E-state index in [0.717, 1.165) is 11.1 Å². The lowest BCUT2D eigenvalue weighted by atomic mass is 9.97. The number of allylic oxidation sites excluding steroid dienone is 2. The van der Waals surface area contributed by atoms with Gasteiger partial charge in [-0.3, -0.25) is 4.79 Å². The number of carboxylic acids is 1. The summed E-state index contributed by atoms with van der Waals surface area (Å²) in [6, 6.07) is 11.2. The Kier molecular flexibility index (Phi) is 7.15. The van der Waals surface area contributed by atoms with E-state index in [1.54, 1.807) is 18.2 Å². The van der Waals surface area contributed by atoms with Crippen molar-refractivity contribution in [3.8, 4) is 11.5 Å². The predicted molar refractivity (Wildman–Crippen MR) is 110 cm³/mol. The van der Waals surface area contributed by atoms with Gasteiger partial charge < -0.3 is 14.6 Å². The molecular weight excluding hydrogens is 356 g/mol. The molecule has 0 heterocycles. The molecule has 0 unspecified atom stereocenters. The highest BCUT2D eigenvalue weighted by Crippen LogP contribution is 2.37. The molecule has 2 rings (SSSR count). The second-order valence-electron chi connectivity index (χ2n) is 6.48. The summed E-state index contributed by atoms with van der Waals surface area (Å²) in [6.45, 7) is 5.12.